The number of unbranched alkanes of at least 4 members (excludes halogenated alkanes) is 1. The number of fused-ring (bicyclic) bond motifs is 1. The van der Waals surface area contributed by atoms with E-state index in [0.29, 0.717) is 12.1 Å². The van der Waals surface area contributed by atoms with Gasteiger partial charge in [-0.15, -0.1) is 0 Å². The predicted octanol–water partition coefficient (Wildman–Crippen LogP) is 7.55. The zero-order valence-electron chi connectivity index (χ0n) is 24.4. The van der Waals surface area contributed by atoms with Crippen molar-refractivity contribution in [3.8, 4) is 11.1 Å². The van der Waals surface area contributed by atoms with Crippen LogP contribution in [0.2, 0.25) is 0 Å². The topological polar surface area (TPSA) is 67.7 Å². The Morgan fingerprint density at radius 2 is 1.55 bits per heavy atom. The van der Waals surface area contributed by atoms with Crippen molar-refractivity contribution in [2.45, 2.75) is 39.5 Å². The lowest BCUT2D eigenvalue weighted by atomic mass is 10.00. The van der Waals surface area contributed by atoms with E-state index in [1.165, 1.54) is 0 Å². The molecule has 0 saturated heterocycles. The summed E-state index contributed by atoms with van der Waals surface area (Å²) in [5.74, 6) is 0.448. The van der Waals surface area contributed by atoms with Crippen LogP contribution in [-0.4, -0.2) is 40.5 Å². The third kappa shape index (κ3) is 6.36. The van der Waals surface area contributed by atoms with Gasteiger partial charge in [-0.05, 0) is 47.4 Å². The highest BCUT2D eigenvalue weighted by Gasteiger charge is 2.21. The average molecular weight is 561 g/mol. The SMILES string of the molecule is CCCCc1nc2ccc(N(Cc3ccccc3)C(=O)N(C)C)cc2n1COC(=O)c1ccccc1-c1ccccc1. The number of carbonyl (C=O) groups is 2. The van der Waals surface area contributed by atoms with Crippen LogP contribution in [0.15, 0.2) is 103 Å². The second-order valence-electron chi connectivity index (χ2n) is 10.5. The first kappa shape index (κ1) is 28.6. The second-order valence-corrected chi connectivity index (χ2v) is 10.5. The van der Waals surface area contributed by atoms with Gasteiger partial charge in [0.1, 0.15) is 5.82 Å². The Balaban J connectivity index is 1.49. The summed E-state index contributed by atoms with van der Waals surface area (Å²) in [5.41, 5.74) is 5.66. The van der Waals surface area contributed by atoms with Crippen LogP contribution in [0, 0.1) is 0 Å². The number of benzene rings is 4. The first-order chi connectivity index (χ1) is 20.5. The first-order valence-corrected chi connectivity index (χ1v) is 14.3. The molecule has 7 heteroatoms. The van der Waals surface area contributed by atoms with Gasteiger partial charge in [0.05, 0.1) is 23.1 Å². The van der Waals surface area contributed by atoms with E-state index in [-0.39, 0.29) is 12.8 Å². The van der Waals surface area contributed by atoms with Crippen LogP contribution in [0.3, 0.4) is 0 Å². The van der Waals surface area contributed by atoms with Gasteiger partial charge < -0.3 is 9.64 Å². The van der Waals surface area contributed by atoms with Crippen molar-refractivity contribution >= 4 is 28.7 Å². The number of hydrogen-bond donors (Lipinski definition) is 0. The Morgan fingerprint density at radius 1 is 0.857 bits per heavy atom. The van der Waals surface area contributed by atoms with Crippen LogP contribution in [0.5, 0.6) is 0 Å². The fourth-order valence-corrected chi connectivity index (χ4v) is 5.01. The number of imidazole rings is 1. The van der Waals surface area contributed by atoms with Gasteiger partial charge in [0.15, 0.2) is 6.73 Å². The zero-order valence-corrected chi connectivity index (χ0v) is 24.4. The molecule has 7 nitrogen and oxygen atoms in total. The van der Waals surface area contributed by atoms with Gasteiger partial charge in [0.25, 0.3) is 0 Å². The lowest BCUT2D eigenvalue weighted by Gasteiger charge is -2.26. The van der Waals surface area contributed by atoms with Gasteiger partial charge in [0.2, 0.25) is 0 Å². The Hall–Kier alpha value is -4.91. The molecule has 5 aromatic rings. The third-order valence-corrected chi connectivity index (χ3v) is 7.23. The molecular weight excluding hydrogens is 524 g/mol. The fraction of sp³-hybridized carbons (Fsp3) is 0.229. The van der Waals surface area contributed by atoms with E-state index >= 15 is 0 Å². The van der Waals surface area contributed by atoms with Crippen molar-refractivity contribution in [3.05, 3.63) is 120 Å². The molecule has 0 saturated carbocycles. The molecule has 0 aliphatic carbocycles. The molecule has 5 rings (SSSR count). The van der Waals surface area contributed by atoms with E-state index in [2.05, 4.69) is 6.92 Å². The van der Waals surface area contributed by atoms with Crippen LogP contribution in [-0.2, 0) is 24.4 Å². The Bertz CT molecular complexity index is 1660. The highest BCUT2D eigenvalue weighted by atomic mass is 16.5. The lowest BCUT2D eigenvalue weighted by molar-refractivity contribution is 0.0375. The number of anilines is 1. The molecule has 0 N–H and O–H groups in total. The second kappa shape index (κ2) is 13.2. The Kier molecular flexibility index (Phi) is 8.97. The van der Waals surface area contributed by atoms with E-state index < -0.39 is 5.97 Å². The maximum absolute atomic E-state index is 13.4. The molecule has 2 amide bonds. The molecule has 0 radical (unpaired) electrons. The molecule has 0 aliphatic heterocycles. The molecular formula is C35H36N4O3. The van der Waals surface area contributed by atoms with Gasteiger partial charge in [-0.3, -0.25) is 9.47 Å². The molecule has 0 spiro atoms. The zero-order chi connectivity index (χ0) is 29.5. The van der Waals surface area contributed by atoms with Gasteiger partial charge in [-0.2, -0.15) is 0 Å². The monoisotopic (exact) mass is 560 g/mol. The Labute approximate surface area is 247 Å². The van der Waals surface area contributed by atoms with Gasteiger partial charge in [0, 0.05) is 26.2 Å². The predicted molar refractivity (Wildman–Crippen MR) is 167 cm³/mol. The molecule has 42 heavy (non-hydrogen) atoms. The van der Waals surface area contributed by atoms with Crippen molar-refractivity contribution in [1.82, 2.24) is 14.5 Å². The third-order valence-electron chi connectivity index (χ3n) is 7.23. The molecule has 1 heterocycles. The average Bonchev–Trinajstić information content (AvgIpc) is 3.38. The maximum atomic E-state index is 13.4. The van der Waals surface area contributed by atoms with Crippen molar-refractivity contribution < 1.29 is 14.3 Å². The largest absolute Gasteiger partial charge is 0.440 e. The van der Waals surface area contributed by atoms with Crippen LogP contribution < -0.4 is 4.90 Å². The Morgan fingerprint density at radius 3 is 2.26 bits per heavy atom. The summed E-state index contributed by atoms with van der Waals surface area (Å²) in [6.07, 6.45) is 2.73. The summed E-state index contributed by atoms with van der Waals surface area (Å²) >= 11 is 0. The van der Waals surface area contributed by atoms with Crippen LogP contribution in [0.4, 0.5) is 10.5 Å². The molecule has 1 aromatic heterocycles. The van der Waals surface area contributed by atoms with E-state index in [0.717, 1.165) is 58.5 Å². The quantitative estimate of drug-likeness (QED) is 0.165. The highest BCUT2D eigenvalue weighted by Crippen LogP contribution is 2.28. The number of hydrogen-bond acceptors (Lipinski definition) is 4. The normalized spacial score (nSPS) is 10.9. The smallest absolute Gasteiger partial charge is 0.340 e. The number of esters is 1. The summed E-state index contributed by atoms with van der Waals surface area (Å²) < 4.78 is 7.90. The molecule has 0 atom stereocenters. The molecule has 4 aromatic carbocycles. The minimum atomic E-state index is -0.401. The van der Waals surface area contributed by atoms with Gasteiger partial charge >= 0.3 is 12.0 Å². The van der Waals surface area contributed by atoms with Crippen LogP contribution >= 0.6 is 0 Å². The van der Waals surface area contributed by atoms with Crippen LogP contribution in [0.1, 0.15) is 41.5 Å². The summed E-state index contributed by atoms with van der Waals surface area (Å²) in [5, 5.41) is 0. The number of nitrogens with zero attached hydrogens (tertiary/aromatic N) is 4. The minimum absolute atomic E-state index is 0.0151. The van der Waals surface area contributed by atoms with Crippen molar-refractivity contribution in [3.63, 3.8) is 0 Å². The number of rotatable bonds is 10. The fourth-order valence-electron chi connectivity index (χ4n) is 5.01. The van der Waals surface area contributed by atoms with E-state index in [4.69, 9.17) is 9.72 Å². The number of amides is 2. The first-order valence-electron chi connectivity index (χ1n) is 14.3. The minimum Gasteiger partial charge on any atom is -0.440 e. The van der Waals surface area contributed by atoms with Crippen molar-refractivity contribution in [1.29, 1.82) is 0 Å². The van der Waals surface area contributed by atoms with E-state index in [1.807, 2.05) is 102 Å². The van der Waals surface area contributed by atoms with Crippen LogP contribution in [0.25, 0.3) is 22.2 Å². The maximum Gasteiger partial charge on any atom is 0.340 e. The molecule has 214 valence electrons. The standard InChI is InChI=1S/C35H36N4O3/c1-4-5-20-33-36-31-22-21-28(38(35(41)37(2)3)24-26-14-8-6-9-15-26)23-32(31)39(33)25-42-34(40)30-19-13-12-18-29(30)27-16-10-7-11-17-27/h6-19,21-23H,4-5,20,24-25H2,1-3H3. The number of urea groups is 1. The molecule has 0 bridgehead atoms. The van der Waals surface area contributed by atoms with E-state index in [1.54, 1.807) is 30.0 Å². The number of aryl methyl sites for hydroxylation is 1. The lowest BCUT2D eigenvalue weighted by Crippen LogP contribution is -2.38. The van der Waals surface area contributed by atoms with Gasteiger partial charge in [-0.25, -0.2) is 14.6 Å². The van der Waals surface area contributed by atoms with Gasteiger partial charge in [-0.1, -0.05) is 92.2 Å². The summed E-state index contributed by atoms with van der Waals surface area (Å²) in [6.45, 7) is 2.58. The van der Waals surface area contributed by atoms with E-state index in [9.17, 15) is 9.59 Å². The van der Waals surface area contributed by atoms with Crippen molar-refractivity contribution in [2.75, 3.05) is 19.0 Å². The summed E-state index contributed by atoms with van der Waals surface area (Å²) in [6, 6.07) is 32.9. The molecule has 0 fully saturated rings. The van der Waals surface area contributed by atoms with Crippen molar-refractivity contribution in [2.24, 2.45) is 0 Å². The number of ether oxygens (including phenoxy) is 1. The molecule has 0 unspecified atom stereocenters. The number of aromatic nitrogens is 2. The molecule has 0 aliphatic rings. The summed E-state index contributed by atoms with van der Waals surface area (Å²) in [4.78, 5) is 34.9. The highest BCUT2D eigenvalue weighted by molar-refractivity contribution is 5.97. The number of carbonyl (C=O) groups excluding carboxylic acids is 2. The summed E-state index contributed by atoms with van der Waals surface area (Å²) in [7, 11) is 3.50.